The minimum Gasteiger partial charge on any atom is -0.496 e. The number of para-hydroxylation sites is 1. The third-order valence-corrected chi connectivity index (χ3v) is 5.10. The number of aromatic nitrogens is 2. The van der Waals surface area contributed by atoms with Gasteiger partial charge in [0.05, 0.1) is 24.5 Å². The van der Waals surface area contributed by atoms with Crippen LogP contribution in [-0.4, -0.2) is 47.3 Å². The van der Waals surface area contributed by atoms with Gasteiger partial charge >= 0.3 is 0 Å². The highest BCUT2D eigenvalue weighted by Gasteiger charge is 2.30. The van der Waals surface area contributed by atoms with Crippen molar-refractivity contribution < 1.29 is 9.53 Å². The summed E-state index contributed by atoms with van der Waals surface area (Å²) in [6.45, 7) is 4.09. The molecule has 0 bridgehead atoms. The van der Waals surface area contributed by atoms with Crippen molar-refractivity contribution in [3.63, 3.8) is 0 Å². The first kappa shape index (κ1) is 18.3. The number of aryl methyl sites for hydroxylation is 1. The summed E-state index contributed by atoms with van der Waals surface area (Å²) in [6.07, 6.45) is 1.92. The van der Waals surface area contributed by atoms with Crippen LogP contribution in [0.4, 0.5) is 0 Å². The normalized spacial score (nSPS) is 16.8. The first-order valence-electron chi connectivity index (χ1n) is 9.44. The standard InChI is InChI=1S/C22H24N4O2/c1-16-11-13-26(24-16)18-9-7-17(8-10-18)22(27)25-14-12-23-15-20(25)19-5-3-4-6-21(19)28-2/h3-11,13,20,23H,12,14-15H2,1-2H3. The third-order valence-electron chi connectivity index (χ3n) is 5.10. The van der Waals surface area contributed by atoms with E-state index in [2.05, 4.69) is 10.4 Å². The minimum absolute atomic E-state index is 0.0283. The average molecular weight is 376 g/mol. The number of ether oxygens (including phenoxy) is 1. The van der Waals surface area contributed by atoms with E-state index in [1.54, 1.807) is 7.11 Å². The number of carbonyl (C=O) groups excluding carboxylic acids is 1. The number of hydrogen-bond donors (Lipinski definition) is 1. The predicted molar refractivity (Wildman–Crippen MR) is 108 cm³/mol. The number of nitrogens with zero attached hydrogens (tertiary/aromatic N) is 3. The molecule has 1 N–H and O–H groups in total. The van der Waals surface area contributed by atoms with Gasteiger partial charge in [0.2, 0.25) is 0 Å². The van der Waals surface area contributed by atoms with Crippen molar-refractivity contribution in [1.29, 1.82) is 0 Å². The van der Waals surface area contributed by atoms with Crippen LogP contribution in [0.15, 0.2) is 60.8 Å². The van der Waals surface area contributed by atoms with Gasteiger partial charge in [-0.3, -0.25) is 4.79 Å². The highest BCUT2D eigenvalue weighted by molar-refractivity contribution is 5.94. The van der Waals surface area contributed by atoms with Gasteiger partial charge in [-0.1, -0.05) is 18.2 Å². The Morgan fingerprint density at radius 1 is 1.14 bits per heavy atom. The Labute approximate surface area is 164 Å². The topological polar surface area (TPSA) is 59.4 Å². The van der Waals surface area contributed by atoms with E-state index in [4.69, 9.17) is 4.74 Å². The molecule has 6 nitrogen and oxygen atoms in total. The van der Waals surface area contributed by atoms with Gasteiger partial charge in [0.1, 0.15) is 5.75 Å². The van der Waals surface area contributed by atoms with Crippen LogP contribution in [0.2, 0.25) is 0 Å². The predicted octanol–water partition coefficient (Wildman–Crippen LogP) is 2.98. The molecule has 1 aromatic heterocycles. The van der Waals surface area contributed by atoms with Crippen molar-refractivity contribution in [1.82, 2.24) is 20.0 Å². The largest absolute Gasteiger partial charge is 0.496 e. The smallest absolute Gasteiger partial charge is 0.254 e. The van der Waals surface area contributed by atoms with E-state index in [9.17, 15) is 4.79 Å². The van der Waals surface area contributed by atoms with Crippen molar-refractivity contribution >= 4 is 5.91 Å². The van der Waals surface area contributed by atoms with Crippen LogP contribution >= 0.6 is 0 Å². The van der Waals surface area contributed by atoms with Crippen LogP contribution in [0.1, 0.15) is 27.7 Å². The number of benzene rings is 2. The fourth-order valence-electron chi connectivity index (χ4n) is 3.65. The van der Waals surface area contributed by atoms with Gasteiger partial charge in [-0.05, 0) is 43.3 Å². The van der Waals surface area contributed by atoms with Gasteiger partial charge in [0, 0.05) is 37.0 Å². The second-order valence-corrected chi connectivity index (χ2v) is 6.91. The zero-order valence-electron chi connectivity index (χ0n) is 16.1. The Bertz CT molecular complexity index is 965. The van der Waals surface area contributed by atoms with Gasteiger partial charge in [-0.25, -0.2) is 4.68 Å². The first-order chi connectivity index (χ1) is 13.7. The summed E-state index contributed by atoms with van der Waals surface area (Å²) >= 11 is 0. The number of rotatable bonds is 4. The van der Waals surface area contributed by atoms with E-state index in [1.165, 1.54) is 0 Å². The van der Waals surface area contributed by atoms with Crippen molar-refractivity contribution in [2.24, 2.45) is 0 Å². The van der Waals surface area contributed by atoms with Crippen LogP contribution in [0.5, 0.6) is 5.75 Å². The van der Waals surface area contributed by atoms with Gasteiger partial charge in [0.25, 0.3) is 5.91 Å². The molecule has 1 atom stereocenters. The third kappa shape index (κ3) is 3.51. The molecule has 0 radical (unpaired) electrons. The molecular formula is C22H24N4O2. The molecule has 28 heavy (non-hydrogen) atoms. The van der Waals surface area contributed by atoms with Gasteiger partial charge in [-0.2, -0.15) is 5.10 Å². The molecule has 6 heteroatoms. The van der Waals surface area contributed by atoms with Crippen molar-refractivity contribution in [3.8, 4) is 11.4 Å². The Morgan fingerprint density at radius 2 is 1.93 bits per heavy atom. The van der Waals surface area contributed by atoms with Crippen LogP contribution in [0.3, 0.4) is 0 Å². The number of piperazine rings is 1. The maximum Gasteiger partial charge on any atom is 0.254 e. The second-order valence-electron chi connectivity index (χ2n) is 6.91. The first-order valence-corrected chi connectivity index (χ1v) is 9.44. The number of nitrogens with one attached hydrogen (secondary N) is 1. The molecule has 2 aromatic carbocycles. The fraction of sp³-hybridized carbons (Fsp3) is 0.273. The quantitative estimate of drug-likeness (QED) is 0.761. The molecule has 144 valence electrons. The fourth-order valence-corrected chi connectivity index (χ4v) is 3.65. The van der Waals surface area contributed by atoms with Gasteiger partial charge in [0.15, 0.2) is 0 Å². The molecule has 0 saturated carbocycles. The lowest BCUT2D eigenvalue weighted by atomic mass is 10.0. The van der Waals surface area contributed by atoms with Crippen molar-refractivity contribution in [2.45, 2.75) is 13.0 Å². The molecule has 0 spiro atoms. The van der Waals surface area contributed by atoms with Crippen LogP contribution < -0.4 is 10.1 Å². The van der Waals surface area contributed by atoms with Crippen LogP contribution in [0, 0.1) is 6.92 Å². The van der Waals surface area contributed by atoms with Crippen molar-refractivity contribution in [3.05, 3.63) is 77.6 Å². The maximum atomic E-state index is 13.3. The summed E-state index contributed by atoms with van der Waals surface area (Å²) in [6, 6.07) is 17.4. The molecule has 3 aromatic rings. The summed E-state index contributed by atoms with van der Waals surface area (Å²) in [5, 5.41) is 7.81. The molecule has 1 saturated heterocycles. The summed E-state index contributed by atoms with van der Waals surface area (Å²) in [5.74, 6) is 0.832. The molecular weight excluding hydrogens is 352 g/mol. The maximum absolute atomic E-state index is 13.3. The van der Waals surface area contributed by atoms with Crippen LogP contribution in [0.25, 0.3) is 5.69 Å². The SMILES string of the molecule is COc1ccccc1C1CNCCN1C(=O)c1ccc(-n2ccc(C)n2)cc1. The molecule has 1 amide bonds. The van der Waals surface area contributed by atoms with E-state index < -0.39 is 0 Å². The van der Waals surface area contributed by atoms with E-state index in [1.807, 2.05) is 77.3 Å². The Kier molecular flexibility index (Phi) is 5.12. The van der Waals surface area contributed by atoms with Crippen LogP contribution in [-0.2, 0) is 0 Å². The van der Waals surface area contributed by atoms with E-state index in [0.717, 1.165) is 29.2 Å². The summed E-state index contributed by atoms with van der Waals surface area (Å²) in [7, 11) is 1.66. The highest BCUT2D eigenvalue weighted by atomic mass is 16.5. The number of methoxy groups -OCH3 is 1. The van der Waals surface area contributed by atoms with E-state index in [0.29, 0.717) is 18.7 Å². The molecule has 2 heterocycles. The monoisotopic (exact) mass is 376 g/mol. The molecule has 1 fully saturated rings. The van der Waals surface area contributed by atoms with Gasteiger partial charge < -0.3 is 15.0 Å². The lowest BCUT2D eigenvalue weighted by Gasteiger charge is -2.37. The van der Waals surface area contributed by atoms with Gasteiger partial charge in [-0.15, -0.1) is 0 Å². The zero-order valence-corrected chi connectivity index (χ0v) is 16.1. The lowest BCUT2D eigenvalue weighted by molar-refractivity contribution is 0.0631. The molecule has 1 unspecified atom stereocenters. The highest BCUT2D eigenvalue weighted by Crippen LogP contribution is 2.31. The Balaban J connectivity index is 1.60. The lowest BCUT2D eigenvalue weighted by Crippen LogP contribution is -2.48. The average Bonchev–Trinajstić information content (AvgIpc) is 3.19. The molecule has 4 rings (SSSR count). The number of carbonyl (C=O) groups is 1. The Hall–Kier alpha value is -3.12. The summed E-state index contributed by atoms with van der Waals surface area (Å²) < 4.78 is 7.34. The molecule has 1 aliphatic rings. The second kappa shape index (κ2) is 7.86. The zero-order chi connectivity index (χ0) is 19.5. The van der Waals surface area contributed by atoms with E-state index >= 15 is 0 Å². The number of amides is 1. The number of hydrogen-bond acceptors (Lipinski definition) is 4. The van der Waals surface area contributed by atoms with Crippen molar-refractivity contribution in [2.75, 3.05) is 26.7 Å². The molecule has 1 aliphatic heterocycles. The summed E-state index contributed by atoms with van der Waals surface area (Å²) in [5.41, 5.74) is 3.59. The molecule has 0 aliphatic carbocycles. The van der Waals surface area contributed by atoms with E-state index in [-0.39, 0.29) is 11.9 Å². The minimum atomic E-state index is -0.0640. The summed E-state index contributed by atoms with van der Waals surface area (Å²) in [4.78, 5) is 15.2. The Morgan fingerprint density at radius 3 is 2.64 bits per heavy atom.